The third kappa shape index (κ3) is 2.80. The van der Waals surface area contributed by atoms with Crippen LogP contribution in [0.25, 0.3) is 0 Å². The first-order valence-corrected chi connectivity index (χ1v) is 5.86. The Balaban J connectivity index is 2.02. The molecule has 0 aliphatic heterocycles. The molecule has 1 aliphatic rings. The van der Waals surface area contributed by atoms with Crippen LogP contribution in [0.3, 0.4) is 0 Å². The highest BCUT2D eigenvalue weighted by Crippen LogP contribution is 2.32. The standard InChI is InChI=1S/C13H19NO/c15-14-10-11-6-8-13(9-7-11)12-4-2-1-3-5-12/h6-9,12,14-15H,1-5,10H2. The van der Waals surface area contributed by atoms with Crippen molar-refractivity contribution in [2.24, 2.45) is 0 Å². The van der Waals surface area contributed by atoms with Gasteiger partial charge in [0.05, 0.1) is 0 Å². The predicted octanol–water partition coefficient (Wildman–Crippen LogP) is 3.21. The van der Waals surface area contributed by atoms with E-state index in [1.54, 1.807) is 0 Å². The van der Waals surface area contributed by atoms with E-state index in [2.05, 4.69) is 29.7 Å². The largest absolute Gasteiger partial charge is 0.316 e. The Labute approximate surface area is 91.3 Å². The minimum Gasteiger partial charge on any atom is -0.316 e. The summed E-state index contributed by atoms with van der Waals surface area (Å²) < 4.78 is 0. The lowest BCUT2D eigenvalue weighted by molar-refractivity contribution is 0.161. The van der Waals surface area contributed by atoms with E-state index in [4.69, 9.17) is 5.21 Å². The fourth-order valence-electron chi connectivity index (χ4n) is 2.43. The number of benzene rings is 1. The molecule has 0 unspecified atom stereocenters. The van der Waals surface area contributed by atoms with Gasteiger partial charge in [-0.3, -0.25) is 0 Å². The molecule has 15 heavy (non-hydrogen) atoms. The fourth-order valence-corrected chi connectivity index (χ4v) is 2.43. The van der Waals surface area contributed by atoms with Crippen LogP contribution in [0.1, 0.15) is 49.1 Å². The minimum atomic E-state index is 0.533. The summed E-state index contributed by atoms with van der Waals surface area (Å²) in [6.45, 7) is 0.533. The lowest BCUT2D eigenvalue weighted by Gasteiger charge is -2.22. The van der Waals surface area contributed by atoms with Crippen LogP contribution in [-0.4, -0.2) is 5.21 Å². The smallest absolute Gasteiger partial charge is 0.0458 e. The summed E-state index contributed by atoms with van der Waals surface area (Å²) in [4.78, 5) is 0. The zero-order valence-corrected chi connectivity index (χ0v) is 9.08. The summed E-state index contributed by atoms with van der Waals surface area (Å²) in [6.07, 6.45) is 6.85. The Morgan fingerprint density at radius 1 is 1.07 bits per heavy atom. The third-order valence-electron chi connectivity index (χ3n) is 3.34. The summed E-state index contributed by atoms with van der Waals surface area (Å²) in [5.74, 6) is 0.773. The van der Waals surface area contributed by atoms with Gasteiger partial charge in [0.1, 0.15) is 0 Å². The molecule has 2 heteroatoms. The Morgan fingerprint density at radius 3 is 2.33 bits per heavy atom. The molecular formula is C13H19NO. The van der Waals surface area contributed by atoms with Gasteiger partial charge < -0.3 is 5.21 Å². The van der Waals surface area contributed by atoms with Crippen LogP contribution < -0.4 is 5.48 Å². The molecule has 0 amide bonds. The molecule has 1 fully saturated rings. The van der Waals surface area contributed by atoms with Crippen molar-refractivity contribution >= 4 is 0 Å². The zero-order valence-electron chi connectivity index (χ0n) is 9.08. The highest BCUT2D eigenvalue weighted by Gasteiger charge is 2.14. The van der Waals surface area contributed by atoms with Gasteiger partial charge in [-0.05, 0) is 29.9 Å². The zero-order chi connectivity index (χ0) is 10.5. The molecule has 0 heterocycles. The second-order valence-electron chi connectivity index (χ2n) is 4.41. The molecule has 0 spiro atoms. The number of hydroxylamine groups is 1. The van der Waals surface area contributed by atoms with Gasteiger partial charge in [-0.2, -0.15) is 0 Å². The third-order valence-corrected chi connectivity index (χ3v) is 3.34. The summed E-state index contributed by atoms with van der Waals surface area (Å²) >= 11 is 0. The van der Waals surface area contributed by atoms with Gasteiger partial charge in [-0.1, -0.05) is 43.5 Å². The van der Waals surface area contributed by atoms with E-state index in [1.807, 2.05) is 0 Å². The SMILES string of the molecule is ONCc1ccc(C2CCCCC2)cc1. The van der Waals surface area contributed by atoms with E-state index in [0.29, 0.717) is 6.54 Å². The minimum absolute atomic E-state index is 0.533. The number of rotatable bonds is 3. The summed E-state index contributed by atoms with van der Waals surface area (Å²) in [5.41, 5.74) is 4.79. The second-order valence-corrected chi connectivity index (χ2v) is 4.41. The second kappa shape index (κ2) is 5.29. The molecule has 1 aromatic rings. The monoisotopic (exact) mass is 205 g/mol. The maximum absolute atomic E-state index is 8.59. The molecule has 0 saturated heterocycles. The van der Waals surface area contributed by atoms with Crippen molar-refractivity contribution in [3.8, 4) is 0 Å². The van der Waals surface area contributed by atoms with E-state index < -0.39 is 0 Å². The molecule has 0 radical (unpaired) electrons. The molecule has 2 rings (SSSR count). The van der Waals surface area contributed by atoms with Gasteiger partial charge in [-0.25, -0.2) is 5.48 Å². The number of hydrogen-bond donors (Lipinski definition) is 2. The number of hydrogen-bond acceptors (Lipinski definition) is 2. The van der Waals surface area contributed by atoms with E-state index in [1.165, 1.54) is 37.7 Å². The van der Waals surface area contributed by atoms with Crippen molar-refractivity contribution in [1.29, 1.82) is 0 Å². The van der Waals surface area contributed by atoms with Gasteiger partial charge in [-0.15, -0.1) is 0 Å². The highest BCUT2D eigenvalue weighted by atomic mass is 16.5. The molecule has 1 aromatic carbocycles. The maximum atomic E-state index is 8.59. The van der Waals surface area contributed by atoms with Crippen LogP contribution in [0.5, 0.6) is 0 Å². The van der Waals surface area contributed by atoms with Crippen LogP contribution in [0, 0.1) is 0 Å². The van der Waals surface area contributed by atoms with Crippen LogP contribution in [0.2, 0.25) is 0 Å². The number of nitrogens with one attached hydrogen (secondary N) is 1. The van der Waals surface area contributed by atoms with E-state index in [0.717, 1.165) is 11.5 Å². The van der Waals surface area contributed by atoms with E-state index >= 15 is 0 Å². The van der Waals surface area contributed by atoms with Crippen molar-refractivity contribution in [3.05, 3.63) is 35.4 Å². The van der Waals surface area contributed by atoms with Crippen molar-refractivity contribution < 1.29 is 5.21 Å². The summed E-state index contributed by atoms with van der Waals surface area (Å²) in [7, 11) is 0. The topological polar surface area (TPSA) is 32.3 Å². The van der Waals surface area contributed by atoms with Crippen LogP contribution in [0.4, 0.5) is 0 Å². The molecule has 1 saturated carbocycles. The fraction of sp³-hybridized carbons (Fsp3) is 0.538. The summed E-state index contributed by atoms with van der Waals surface area (Å²) in [6, 6.07) is 8.63. The van der Waals surface area contributed by atoms with Crippen LogP contribution >= 0.6 is 0 Å². The first-order chi connectivity index (χ1) is 7.40. The van der Waals surface area contributed by atoms with Gasteiger partial charge in [0, 0.05) is 6.54 Å². The van der Waals surface area contributed by atoms with Crippen LogP contribution in [0.15, 0.2) is 24.3 Å². The van der Waals surface area contributed by atoms with Gasteiger partial charge in [0.15, 0.2) is 0 Å². The molecule has 1 aliphatic carbocycles. The first kappa shape index (κ1) is 10.7. The van der Waals surface area contributed by atoms with Gasteiger partial charge in [0.25, 0.3) is 0 Å². The van der Waals surface area contributed by atoms with Gasteiger partial charge in [0.2, 0.25) is 0 Å². The molecule has 2 N–H and O–H groups in total. The van der Waals surface area contributed by atoms with E-state index in [9.17, 15) is 0 Å². The normalized spacial score (nSPS) is 17.9. The van der Waals surface area contributed by atoms with Crippen molar-refractivity contribution in [2.45, 2.75) is 44.6 Å². The average Bonchev–Trinajstić information content (AvgIpc) is 2.32. The predicted molar refractivity (Wildman–Crippen MR) is 60.9 cm³/mol. The average molecular weight is 205 g/mol. The van der Waals surface area contributed by atoms with Gasteiger partial charge >= 0.3 is 0 Å². The van der Waals surface area contributed by atoms with Crippen LogP contribution in [-0.2, 0) is 6.54 Å². The highest BCUT2D eigenvalue weighted by molar-refractivity contribution is 5.25. The van der Waals surface area contributed by atoms with Crippen molar-refractivity contribution in [1.82, 2.24) is 5.48 Å². The van der Waals surface area contributed by atoms with E-state index in [-0.39, 0.29) is 0 Å². The maximum Gasteiger partial charge on any atom is 0.0458 e. The Kier molecular flexibility index (Phi) is 3.75. The van der Waals surface area contributed by atoms with Crippen molar-refractivity contribution in [3.63, 3.8) is 0 Å². The Morgan fingerprint density at radius 2 is 1.73 bits per heavy atom. The lowest BCUT2D eigenvalue weighted by atomic mass is 9.84. The molecule has 0 bridgehead atoms. The first-order valence-electron chi connectivity index (χ1n) is 5.86. The molecular weight excluding hydrogens is 186 g/mol. The molecule has 82 valence electrons. The lowest BCUT2D eigenvalue weighted by Crippen LogP contribution is -2.07. The molecule has 0 atom stereocenters. The van der Waals surface area contributed by atoms with Crippen molar-refractivity contribution in [2.75, 3.05) is 0 Å². The summed E-state index contributed by atoms with van der Waals surface area (Å²) in [5, 5.41) is 8.59. The quantitative estimate of drug-likeness (QED) is 0.743. The molecule has 2 nitrogen and oxygen atoms in total. The Bertz CT molecular complexity index is 288. The molecule has 0 aromatic heterocycles. The Hall–Kier alpha value is -0.860.